The number of carbonyl (C=O) groups is 2. The third kappa shape index (κ3) is 3.22. The number of carbonyl (C=O) groups excluding carboxylic acids is 2. The second-order valence-corrected chi connectivity index (χ2v) is 5.19. The standard InChI is InChI=1S/C18H16N2O5/c1-23-14-9-7-12(8-10-14)17(21)20-18(22)16(19-24-2)15-6-4-3-5-13(15)11-25-20/h3-10H,11H2,1-2H3/b19-16+. The summed E-state index contributed by atoms with van der Waals surface area (Å²) in [5.41, 5.74) is 1.60. The first-order valence-corrected chi connectivity index (χ1v) is 7.51. The molecule has 1 heterocycles. The van der Waals surface area contributed by atoms with E-state index in [1.54, 1.807) is 42.5 Å². The minimum absolute atomic E-state index is 0.0115. The lowest BCUT2D eigenvalue weighted by Gasteiger charge is -2.17. The predicted octanol–water partition coefficient (Wildman–Crippen LogP) is 2.16. The van der Waals surface area contributed by atoms with E-state index in [0.717, 1.165) is 5.56 Å². The molecule has 0 spiro atoms. The molecule has 2 aromatic rings. The number of fused-ring (bicyclic) bond motifs is 1. The summed E-state index contributed by atoms with van der Waals surface area (Å²) in [5.74, 6) is -0.675. The molecule has 0 fully saturated rings. The number of oxime groups is 1. The van der Waals surface area contributed by atoms with E-state index in [9.17, 15) is 9.59 Å². The fraction of sp³-hybridized carbons (Fsp3) is 0.167. The number of amides is 2. The lowest BCUT2D eigenvalue weighted by molar-refractivity contribution is -0.165. The van der Waals surface area contributed by atoms with Gasteiger partial charge in [-0.05, 0) is 29.8 Å². The number of nitrogens with zero attached hydrogens (tertiary/aromatic N) is 2. The van der Waals surface area contributed by atoms with Gasteiger partial charge in [-0.15, -0.1) is 5.06 Å². The second-order valence-electron chi connectivity index (χ2n) is 5.19. The summed E-state index contributed by atoms with van der Waals surface area (Å²) >= 11 is 0. The average Bonchev–Trinajstić information content (AvgIpc) is 2.79. The van der Waals surface area contributed by atoms with Crippen molar-refractivity contribution in [1.29, 1.82) is 0 Å². The van der Waals surface area contributed by atoms with Crippen LogP contribution in [0.2, 0.25) is 0 Å². The van der Waals surface area contributed by atoms with E-state index in [2.05, 4.69) is 5.16 Å². The summed E-state index contributed by atoms with van der Waals surface area (Å²) in [4.78, 5) is 35.7. The maximum Gasteiger partial charge on any atom is 0.307 e. The third-order valence-corrected chi connectivity index (χ3v) is 3.71. The lowest BCUT2D eigenvalue weighted by Crippen LogP contribution is -2.39. The monoisotopic (exact) mass is 340 g/mol. The van der Waals surface area contributed by atoms with Gasteiger partial charge >= 0.3 is 5.91 Å². The Balaban J connectivity index is 1.96. The second kappa shape index (κ2) is 7.14. The number of rotatable bonds is 3. The average molecular weight is 340 g/mol. The van der Waals surface area contributed by atoms with E-state index < -0.39 is 11.8 Å². The molecule has 3 rings (SSSR count). The van der Waals surface area contributed by atoms with Crippen LogP contribution in [-0.2, 0) is 21.1 Å². The van der Waals surface area contributed by atoms with Gasteiger partial charge < -0.3 is 9.57 Å². The van der Waals surface area contributed by atoms with Crippen LogP contribution in [0.15, 0.2) is 53.7 Å². The van der Waals surface area contributed by atoms with Crippen molar-refractivity contribution in [3.63, 3.8) is 0 Å². The van der Waals surface area contributed by atoms with E-state index in [1.165, 1.54) is 14.2 Å². The number of ether oxygens (including phenoxy) is 1. The molecule has 0 N–H and O–H groups in total. The molecule has 0 atom stereocenters. The van der Waals surface area contributed by atoms with Crippen molar-refractivity contribution in [3.05, 3.63) is 65.2 Å². The van der Waals surface area contributed by atoms with Crippen molar-refractivity contribution >= 4 is 17.5 Å². The van der Waals surface area contributed by atoms with Gasteiger partial charge in [-0.3, -0.25) is 14.4 Å². The Kier molecular flexibility index (Phi) is 4.76. The minimum atomic E-state index is -0.687. The normalized spacial score (nSPS) is 15.5. The zero-order chi connectivity index (χ0) is 17.8. The summed E-state index contributed by atoms with van der Waals surface area (Å²) in [6, 6.07) is 13.5. The first-order chi connectivity index (χ1) is 12.2. The van der Waals surface area contributed by atoms with Crippen LogP contribution in [0.4, 0.5) is 0 Å². The van der Waals surface area contributed by atoms with E-state index >= 15 is 0 Å². The van der Waals surface area contributed by atoms with Crippen molar-refractivity contribution in [2.45, 2.75) is 6.61 Å². The maximum atomic E-state index is 12.8. The van der Waals surface area contributed by atoms with Gasteiger partial charge in [0.15, 0.2) is 5.71 Å². The molecular weight excluding hydrogens is 324 g/mol. The summed E-state index contributed by atoms with van der Waals surface area (Å²) in [5, 5.41) is 4.50. The van der Waals surface area contributed by atoms with Crippen molar-refractivity contribution in [1.82, 2.24) is 5.06 Å². The molecule has 0 radical (unpaired) electrons. The SMILES string of the molecule is CO/N=C1/C(=O)N(C(=O)c2ccc(OC)cc2)OCc2ccccc21. The molecule has 1 aliphatic rings. The lowest BCUT2D eigenvalue weighted by atomic mass is 10.0. The zero-order valence-electron chi connectivity index (χ0n) is 13.8. The molecule has 128 valence electrons. The number of imide groups is 1. The molecule has 7 nitrogen and oxygen atoms in total. The summed E-state index contributed by atoms with van der Waals surface area (Å²) in [7, 11) is 2.87. The molecule has 7 heteroatoms. The third-order valence-electron chi connectivity index (χ3n) is 3.71. The fourth-order valence-electron chi connectivity index (χ4n) is 2.46. The van der Waals surface area contributed by atoms with E-state index in [0.29, 0.717) is 16.4 Å². The predicted molar refractivity (Wildman–Crippen MR) is 88.9 cm³/mol. The van der Waals surface area contributed by atoms with Crippen LogP contribution in [0.5, 0.6) is 5.75 Å². The van der Waals surface area contributed by atoms with Crippen LogP contribution in [0.3, 0.4) is 0 Å². The van der Waals surface area contributed by atoms with Crippen LogP contribution in [0, 0.1) is 0 Å². The van der Waals surface area contributed by atoms with Crippen LogP contribution < -0.4 is 4.74 Å². The molecule has 2 amide bonds. The molecule has 0 saturated carbocycles. The van der Waals surface area contributed by atoms with E-state index in [-0.39, 0.29) is 17.9 Å². The highest BCUT2D eigenvalue weighted by atomic mass is 16.7. The highest BCUT2D eigenvalue weighted by molar-refractivity contribution is 6.47. The molecule has 0 saturated heterocycles. The first-order valence-electron chi connectivity index (χ1n) is 7.51. The number of hydroxylamine groups is 2. The van der Waals surface area contributed by atoms with Crippen LogP contribution >= 0.6 is 0 Å². The van der Waals surface area contributed by atoms with Crippen LogP contribution in [-0.4, -0.2) is 36.8 Å². The smallest absolute Gasteiger partial charge is 0.307 e. The Morgan fingerprint density at radius 2 is 1.84 bits per heavy atom. The fourth-order valence-corrected chi connectivity index (χ4v) is 2.46. The number of hydrogen-bond donors (Lipinski definition) is 0. The van der Waals surface area contributed by atoms with Crippen molar-refractivity contribution in [2.75, 3.05) is 14.2 Å². The minimum Gasteiger partial charge on any atom is -0.497 e. The Morgan fingerprint density at radius 3 is 2.52 bits per heavy atom. The molecule has 0 bridgehead atoms. The molecule has 2 aromatic carbocycles. The van der Waals surface area contributed by atoms with Gasteiger partial charge in [-0.1, -0.05) is 29.4 Å². The molecule has 0 aromatic heterocycles. The number of hydrogen-bond acceptors (Lipinski definition) is 6. The summed E-state index contributed by atoms with van der Waals surface area (Å²) in [6.07, 6.45) is 0. The molecule has 0 aliphatic carbocycles. The van der Waals surface area contributed by atoms with Crippen molar-refractivity contribution < 1.29 is 24.0 Å². The quantitative estimate of drug-likeness (QED) is 0.632. The van der Waals surface area contributed by atoms with Gasteiger partial charge in [0.1, 0.15) is 19.5 Å². The Bertz CT molecular complexity index is 830. The van der Waals surface area contributed by atoms with Gasteiger partial charge in [0.05, 0.1) is 7.11 Å². The van der Waals surface area contributed by atoms with Gasteiger partial charge in [-0.2, -0.15) is 0 Å². The number of methoxy groups -OCH3 is 1. The number of benzene rings is 2. The molecule has 0 unspecified atom stereocenters. The summed E-state index contributed by atoms with van der Waals surface area (Å²) in [6.45, 7) is 0.0620. The van der Waals surface area contributed by atoms with Gasteiger partial charge in [-0.25, -0.2) is 0 Å². The first kappa shape index (κ1) is 16.7. The molecular formula is C18H16N2O5. The highest BCUT2D eigenvalue weighted by Crippen LogP contribution is 2.21. The van der Waals surface area contributed by atoms with Crippen molar-refractivity contribution in [2.24, 2.45) is 5.16 Å². The molecule has 25 heavy (non-hydrogen) atoms. The topological polar surface area (TPSA) is 77.4 Å². The maximum absolute atomic E-state index is 12.8. The largest absolute Gasteiger partial charge is 0.497 e. The van der Waals surface area contributed by atoms with Crippen molar-refractivity contribution in [3.8, 4) is 5.75 Å². The van der Waals surface area contributed by atoms with Crippen LogP contribution in [0.1, 0.15) is 21.5 Å². The molecule has 1 aliphatic heterocycles. The van der Waals surface area contributed by atoms with E-state index in [4.69, 9.17) is 14.4 Å². The van der Waals surface area contributed by atoms with Gasteiger partial charge in [0.2, 0.25) is 0 Å². The Labute approximate surface area is 144 Å². The highest BCUT2D eigenvalue weighted by Gasteiger charge is 2.33. The van der Waals surface area contributed by atoms with Crippen LogP contribution in [0.25, 0.3) is 0 Å². The Hall–Kier alpha value is -3.19. The van der Waals surface area contributed by atoms with E-state index in [1.807, 2.05) is 6.07 Å². The van der Waals surface area contributed by atoms with Gasteiger partial charge in [0, 0.05) is 11.1 Å². The Morgan fingerprint density at radius 1 is 1.12 bits per heavy atom. The zero-order valence-corrected chi connectivity index (χ0v) is 13.8. The van der Waals surface area contributed by atoms with Gasteiger partial charge in [0.25, 0.3) is 5.91 Å². The summed E-state index contributed by atoms with van der Waals surface area (Å²) < 4.78 is 5.07.